The Bertz CT molecular complexity index is 1310. The first-order chi connectivity index (χ1) is 15.8. The molecule has 33 heavy (non-hydrogen) atoms. The van der Waals surface area contributed by atoms with E-state index in [1.807, 2.05) is 12.1 Å². The van der Waals surface area contributed by atoms with Crippen LogP contribution in [-0.4, -0.2) is 15.0 Å². The van der Waals surface area contributed by atoms with Gasteiger partial charge in [0.1, 0.15) is 11.3 Å². The van der Waals surface area contributed by atoms with Gasteiger partial charge in [-0.1, -0.05) is 17.3 Å². The lowest BCUT2D eigenvalue weighted by Crippen LogP contribution is -2.38. The molecular formula is C20H18N5O7P. The predicted molar refractivity (Wildman–Crippen MR) is 110 cm³/mol. The van der Waals surface area contributed by atoms with Crippen molar-refractivity contribution in [2.75, 3.05) is 5.73 Å². The first-order valence-corrected chi connectivity index (χ1v) is 11.0. The van der Waals surface area contributed by atoms with E-state index in [2.05, 4.69) is 14.7 Å². The highest BCUT2D eigenvalue weighted by molar-refractivity contribution is 7.44. The van der Waals surface area contributed by atoms with Gasteiger partial charge in [-0.15, -0.1) is 0 Å². The maximum absolute atomic E-state index is 11.3. The smallest absolute Gasteiger partial charge is 0.286 e. The number of hydrogen-bond donors (Lipinski definition) is 2. The minimum Gasteiger partial charge on any atom is -0.756 e. The number of nitrogens with two attached hydrogens (primary N) is 1. The summed E-state index contributed by atoms with van der Waals surface area (Å²) in [6, 6.07) is 12.2. The Kier molecular flexibility index (Phi) is 6.33. The third kappa shape index (κ3) is 5.90. The maximum Gasteiger partial charge on any atom is 0.286 e. The standard InChI is InChI=1S/C20H18N5O7P/c21-20-17(2-1-8-24(20)13-30-33(27,28)29)18-11-15(23-32-18)10-14-3-5-16(6-4-14)31-19-12-25(26)9-7-22-19/h1-9,11-12,21H,10,13H2,(H2,27,28,29). The van der Waals surface area contributed by atoms with E-state index >= 15 is 0 Å². The van der Waals surface area contributed by atoms with Gasteiger partial charge in [0.2, 0.25) is 6.20 Å². The molecule has 0 saturated carbocycles. The monoisotopic (exact) mass is 471 g/mol. The molecule has 0 aliphatic rings. The van der Waals surface area contributed by atoms with Crippen LogP contribution in [0.15, 0.2) is 71.8 Å². The Morgan fingerprint density at radius 1 is 1.21 bits per heavy atom. The molecule has 3 N–H and O–H groups in total. The molecule has 0 aliphatic heterocycles. The van der Waals surface area contributed by atoms with Crippen LogP contribution in [0.3, 0.4) is 0 Å². The number of benzene rings is 1. The second kappa shape index (κ2) is 9.35. The molecule has 3 heterocycles. The molecule has 1 atom stereocenters. The van der Waals surface area contributed by atoms with Gasteiger partial charge in [-0.2, -0.15) is 4.73 Å². The van der Waals surface area contributed by atoms with Gasteiger partial charge in [0, 0.05) is 12.5 Å². The molecule has 0 radical (unpaired) electrons. The Balaban J connectivity index is 1.44. The Morgan fingerprint density at radius 3 is 2.73 bits per heavy atom. The molecule has 13 heteroatoms. The quantitative estimate of drug-likeness (QED) is 0.215. The average molecular weight is 471 g/mol. The fraction of sp³-hybridized carbons (Fsp3) is 0.100. The van der Waals surface area contributed by atoms with Crippen LogP contribution in [0.1, 0.15) is 11.3 Å². The Hall–Kier alpha value is -3.83. The van der Waals surface area contributed by atoms with Gasteiger partial charge in [0.05, 0.1) is 18.1 Å². The summed E-state index contributed by atoms with van der Waals surface area (Å²) in [6.45, 7) is -0.486. The largest absolute Gasteiger partial charge is 0.756 e. The number of aromatic nitrogens is 4. The van der Waals surface area contributed by atoms with Gasteiger partial charge in [-0.05, 0) is 29.8 Å². The zero-order valence-electron chi connectivity index (χ0n) is 17.0. The Morgan fingerprint density at radius 2 is 2.00 bits per heavy atom. The minimum atomic E-state index is -4.89. The van der Waals surface area contributed by atoms with Crippen LogP contribution in [0.4, 0.5) is 5.82 Å². The van der Waals surface area contributed by atoms with E-state index in [0.717, 1.165) is 5.56 Å². The molecule has 0 amide bonds. The second-order valence-corrected chi connectivity index (χ2v) is 8.06. The van der Waals surface area contributed by atoms with Crippen molar-refractivity contribution in [2.24, 2.45) is 0 Å². The average Bonchev–Trinajstić information content (AvgIpc) is 3.22. The van der Waals surface area contributed by atoms with Gasteiger partial charge in [0.25, 0.3) is 19.5 Å². The van der Waals surface area contributed by atoms with Crippen LogP contribution in [-0.2, 0) is 22.2 Å². The fourth-order valence-electron chi connectivity index (χ4n) is 2.96. The van der Waals surface area contributed by atoms with Crippen molar-refractivity contribution in [3.8, 4) is 23.0 Å². The van der Waals surface area contributed by atoms with E-state index in [9.17, 15) is 14.7 Å². The topological polar surface area (TPSA) is 175 Å². The van der Waals surface area contributed by atoms with Crippen LogP contribution in [0.2, 0.25) is 0 Å². The van der Waals surface area contributed by atoms with Crippen LogP contribution >= 0.6 is 7.82 Å². The first-order valence-electron chi connectivity index (χ1n) is 9.51. The molecule has 0 spiro atoms. The van der Waals surface area contributed by atoms with Gasteiger partial charge in [-0.25, -0.2) is 9.55 Å². The van der Waals surface area contributed by atoms with E-state index < -0.39 is 14.6 Å². The van der Waals surface area contributed by atoms with Gasteiger partial charge in [0.15, 0.2) is 18.7 Å². The number of ether oxygens (including phenoxy) is 1. The number of phosphoric ester groups is 1. The van der Waals surface area contributed by atoms with Crippen molar-refractivity contribution in [3.63, 3.8) is 0 Å². The molecular weight excluding hydrogens is 453 g/mol. The van der Waals surface area contributed by atoms with Crippen LogP contribution in [0.25, 0.3) is 11.3 Å². The van der Waals surface area contributed by atoms with Crippen molar-refractivity contribution in [3.05, 3.63) is 83.7 Å². The normalized spacial score (nSPS) is 12.9. The van der Waals surface area contributed by atoms with E-state index in [4.69, 9.17) is 19.9 Å². The highest BCUT2D eigenvalue weighted by atomic mass is 31.2. The Labute approximate surface area is 187 Å². The molecule has 3 aromatic heterocycles. The van der Waals surface area contributed by atoms with Crippen molar-refractivity contribution >= 4 is 13.6 Å². The molecule has 12 nitrogen and oxygen atoms in total. The molecule has 4 aromatic rings. The predicted octanol–water partition coefficient (Wildman–Crippen LogP) is 1.06. The lowest BCUT2D eigenvalue weighted by atomic mass is 10.1. The fourth-order valence-corrected chi connectivity index (χ4v) is 3.23. The molecule has 1 unspecified atom stereocenters. The summed E-state index contributed by atoms with van der Waals surface area (Å²) in [5.74, 6) is 1.26. The summed E-state index contributed by atoms with van der Waals surface area (Å²) in [4.78, 5) is 23.6. The number of phosphoric acid groups is 1. The minimum absolute atomic E-state index is 0.170. The van der Waals surface area contributed by atoms with Crippen LogP contribution < -0.4 is 24.7 Å². The van der Waals surface area contributed by atoms with E-state index in [-0.39, 0.29) is 11.7 Å². The summed E-state index contributed by atoms with van der Waals surface area (Å²) >= 11 is 0. The summed E-state index contributed by atoms with van der Waals surface area (Å²) in [5.41, 5.74) is 8.13. The number of rotatable bonds is 8. The molecule has 170 valence electrons. The molecule has 0 aliphatic carbocycles. The van der Waals surface area contributed by atoms with Gasteiger partial charge in [-0.3, -0.25) is 14.8 Å². The number of anilines is 1. The van der Waals surface area contributed by atoms with Crippen molar-refractivity contribution in [1.29, 1.82) is 0 Å². The SMILES string of the molecule is Nc1c(-c2cc(Cc3ccc(Oc4c[n+]([O-])ccn4)cc3)no2)ccc[n+]1COP(=O)([O-])O. The third-order valence-electron chi connectivity index (χ3n) is 4.48. The van der Waals surface area contributed by atoms with Crippen molar-refractivity contribution in [1.82, 2.24) is 10.1 Å². The van der Waals surface area contributed by atoms with Gasteiger partial charge >= 0.3 is 0 Å². The number of nitrogens with zero attached hydrogens (tertiary/aromatic N) is 4. The van der Waals surface area contributed by atoms with Crippen LogP contribution in [0.5, 0.6) is 11.6 Å². The van der Waals surface area contributed by atoms with E-state index in [1.165, 1.54) is 29.4 Å². The maximum atomic E-state index is 11.3. The summed E-state index contributed by atoms with van der Waals surface area (Å²) < 4.78 is 28.1. The third-order valence-corrected chi connectivity index (χ3v) is 4.92. The van der Waals surface area contributed by atoms with Crippen LogP contribution in [0, 0.1) is 5.21 Å². The number of nitrogen functional groups attached to an aromatic ring is 1. The highest BCUT2D eigenvalue weighted by Crippen LogP contribution is 2.30. The molecule has 4 rings (SSSR count). The molecule has 1 aromatic carbocycles. The van der Waals surface area contributed by atoms with Crippen molar-refractivity contribution in [2.45, 2.75) is 13.2 Å². The lowest BCUT2D eigenvalue weighted by Gasteiger charge is -2.14. The first kappa shape index (κ1) is 22.4. The van der Waals surface area contributed by atoms with E-state index in [0.29, 0.717) is 33.9 Å². The zero-order chi connectivity index (χ0) is 23.4. The zero-order valence-corrected chi connectivity index (χ0v) is 17.9. The molecule has 0 fully saturated rings. The van der Waals surface area contributed by atoms with Crippen molar-refractivity contribution < 1.29 is 37.4 Å². The van der Waals surface area contributed by atoms with E-state index in [1.54, 1.807) is 30.3 Å². The summed E-state index contributed by atoms with van der Waals surface area (Å²) in [5, 5.41) is 15.3. The summed E-state index contributed by atoms with van der Waals surface area (Å²) in [7, 11) is -4.89. The lowest BCUT2D eigenvalue weighted by molar-refractivity contribution is -0.712. The number of pyridine rings is 1. The molecule has 0 bridgehead atoms. The van der Waals surface area contributed by atoms with Gasteiger partial charge < -0.3 is 24.3 Å². The summed E-state index contributed by atoms with van der Waals surface area (Å²) in [6.07, 6.45) is 5.80. The highest BCUT2D eigenvalue weighted by Gasteiger charge is 2.18. The number of hydrogen-bond acceptors (Lipinski definition) is 9. The molecule has 0 saturated heterocycles. The second-order valence-electron chi connectivity index (χ2n) is 6.86.